The number of sulfone groups is 1. The first kappa shape index (κ1) is 18.2. The van der Waals surface area contributed by atoms with Crippen LogP contribution in [-0.4, -0.2) is 31.4 Å². The molecule has 2 fully saturated rings. The third kappa shape index (κ3) is 5.21. The van der Waals surface area contributed by atoms with Crippen LogP contribution in [0.25, 0.3) is 0 Å². The Balaban J connectivity index is 1.45. The second-order valence-corrected chi connectivity index (χ2v) is 9.52. The summed E-state index contributed by atoms with van der Waals surface area (Å²) in [6.45, 7) is 0. The van der Waals surface area contributed by atoms with Crippen LogP contribution < -0.4 is 10.1 Å². The fraction of sp³-hybridized carbons (Fsp3) is 0.632. The van der Waals surface area contributed by atoms with Crippen LogP contribution in [0.5, 0.6) is 5.75 Å². The summed E-state index contributed by atoms with van der Waals surface area (Å²) in [5.41, 5.74) is 0.669. The van der Waals surface area contributed by atoms with E-state index in [2.05, 4.69) is 5.32 Å². The number of anilines is 1. The fourth-order valence-corrected chi connectivity index (χ4v) is 5.54. The van der Waals surface area contributed by atoms with Crippen molar-refractivity contribution in [2.75, 3.05) is 11.1 Å². The van der Waals surface area contributed by atoms with Gasteiger partial charge in [-0.2, -0.15) is 0 Å². The number of carbonyl (C=O) groups is 1. The van der Waals surface area contributed by atoms with Crippen molar-refractivity contribution in [1.29, 1.82) is 0 Å². The van der Waals surface area contributed by atoms with Crippen molar-refractivity contribution in [3.05, 3.63) is 24.3 Å². The number of carbonyl (C=O) groups excluding carboxylic acids is 1. The molecule has 2 aliphatic rings. The molecule has 1 aromatic rings. The molecule has 0 aromatic heterocycles. The fourth-order valence-electron chi connectivity index (χ4n) is 3.69. The van der Waals surface area contributed by atoms with Gasteiger partial charge in [-0.1, -0.05) is 12.8 Å². The Hall–Kier alpha value is -1.56. The average Bonchev–Trinajstić information content (AvgIpc) is 3.29. The molecule has 5 nitrogen and oxygen atoms in total. The monoisotopic (exact) mass is 365 g/mol. The van der Waals surface area contributed by atoms with E-state index in [1.165, 1.54) is 12.8 Å². The second kappa shape index (κ2) is 8.21. The molecule has 25 heavy (non-hydrogen) atoms. The maximum absolute atomic E-state index is 12.2. The van der Waals surface area contributed by atoms with E-state index in [4.69, 9.17) is 4.74 Å². The zero-order valence-electron chi connectivity index (χ0n) is 14.6. The largest absolute Gasteiger partial charge is 0.490 e. The molecule has 1 N–H and O–H groups in total. The summed E-state index contributed by atoms with van der Waals surface area (Å²) in [6.07, 6.45) is 8.42. The van der Waals surface area contributed by atoms with Crippen molar-refractivity contribution in [1.82, 2.24) is 0 Å². The second-order valence-electron chi connectivity index (χ2n) is 7.12. The van der Waals surface area contributed by atoms with E-state index in [0.29, 0.717) is 11.8 Å². The summed E-state index contributed by atoms with van der Waals surface area (Å²) < 4.78 is 30.3. The van der Waals surface area contributed by atoms with E-state index in [0.717, 1.165) is 44.3 Å². The van der Waals surface area contributed by atoms with E-state index < -0.39 is 9.84 Å². The number of hydrogen-bond donors (Lipinski definition) is 1. The summed E-state index contributed by atoms with van der Waals surface area (Å²) in [5, 5.41) is 2.52. The number of nitrogens with one attached hydrogen (secondary N) is 1. The van der Waals surface area contributed by atoms with Gasteiger partial charge in [0.05, 0.1) is 17.1 Å². The molecule has 0 bridgehead atoms. The highest BCUT2D eigenvalue weighted by Gasteiger charge is 2.28. The van der Waals surface area contributed by atoms with E-state index in [1.807, 2.05) is 12.1 Å². The average molecular weight is 365 g/mol. The van der Waals surface area contributed by atoms with E-state index in [-0.39, 0.29) is 23.3 Å². The molecular weight excluding hydrogens is 338 g/mol. The predicted octanol–water partition coefficient (Wildman–Crippen LogP) is 3.69. The van der Waals surface area contributed by atoms with Gasteiger partial charge in [-0.15, -0.1) is 0 Å². The Bertz CT molecular complexity index is 672. The van der Waals surface area contributed by atoms with Crippen molar-refractivity contribution in [3.63, 3.8) is 0 Å². The summed E-state index contributed by atoms with van der Waals surface area (Å²) in [5.74, 6) is 0.492. The molecule has 3 rings (SSSR count). The Morgan fingerprint density at radius 3 is 2.24 bits per heavy atom. The molecule has 0 saturated heterocycles. The van der Waals surface area contributed by atoms with Gasteiger partial charge < -0.3 is 10.1 Å². The zero-order valence-corrected chi connectivity index (χ0v) is 15.4. The van der Waals surface area contributed by atoms with Gasteiger partial charge >= 0.3 is 0 Å². The third-order valence-electron chi connectivity index (χ3n) is 5.17. The number of benzene rings is 1. The molecule has 0 atom stereocenters. The lowest BCUT2D eigenvalue weighted by Crippen LogP contribution is -2.24. The molecule has 2 saturated carbocycles. The summed E-state index contributed by atoms with van der Waals surface area (Å²) in [7, 11) is -3.15. The molecule has 1 amide bonds. The van der Waals surface area contributed by atoms with Crippen LogP contribution in [0.2, 0.25) is 0 Å². The minimum Gasteiger partial charge on any atom is -0.490 e. The van der Waals surface area contributed by atoms with Crippen LogP contribution in [0.3, 0.4) is 0 Å². The van der Waals surface area contributed by atoms with Gasteiger partial charge in [0.2, 0.25) is 5.91 Å². The van der Waals surface area contributed by atoms with Crippen molar-refractivity contribution in [2.24, 2.45) is 0 Å². The van der Waals surface area contributed by atoms with Crippen molar-refractivity contribution in [2.45, 2.75) is 69.1 Å². The summed E-state index contributed by atoms with van der Waals surface area (Å²) in [6, 6.07) is 7.30. The summed E-state index contributed by atoms with van der Waals surface area (Å²) >= 11 is 0. The number of hydrogen-bond acceptors (Lipinski definition) is 4. The van der Waals surface area contributed by atoms with Gasteiger partial charge in [0, 0.05) is 12.1 Å². The van der Waals surface area contributed by atoms with Gasteiger partial charge in [0.15, 0.2) is 9.84 Å². The predicted molar refractivity (Wildman–Crippen MR) is 98.6 cm³/mol. The Kier molecular flexibility index (Phi) is 5.99. The molecule has 6 heteroatoms. The first-order chi connectivity index (χ1) is 12.0. The van der Waals surface area contributed by atoms with Gasteiger partial charge in [0.25, 0.3) is 0 Å². The van der Waals surface area contributed by atoms with Crippen LogP contribution >= 0.6 is 0 Å². The number of ether oxygens (including phenoxy) is 1. The van der Waals surface area contributed by atoms with E-state index in [1.54, 1.807) is 12.1 Å². The van der Waals surface area contributed by atoms with Crippen LogP contribution in [0.1, 0.15) is 57.8 Å². The van der Waals surface area contributed by atoms with Crippen LogP contribution in [0.4, 0.5) is 5.69 Å². The lowest BCUT2D eigenvalue weighted by Gasteiger charge is -2.14. The first-order valence-corrected chi connectivity index (χ1v) is 11.0. The Morgan fingerprint density at radius 2 is 1.60 bits per heavy atom. The smallest absolute Gasteiger partial charge is 0.225 e. The molecule has 0 unspecified atom stereocenters. The molecule has 138 valence electrons. The molecule has 0 heterocycles. The lowest BCUT2D eigenvalue weighted by atomic mass is 10.2. The van der Waals surface area contributed by atoms with Crippen molar-refractivity contribution in [3.8, 4) is 5.75 Å². The zero-order chi connectivity index (χ0) is 17.7. The van der Waals surface area contributed by atoms with Crippen molar-refractivity contribution >= 4 is 21.4 Å². The quantitative estimate of drug-likeness (QED) is 0.800. The Labute approximate surface area is 150 Å². The van der Waals surface area contributed by atoms with Crippen LogP contribution in [-0.2, 0) is 14.6 Å². The first-order valence-electron chi connectivity index (χ1n) is 9.31. The van der Waals surface area contributed by atoms with Crippen LogP contribution in [0.15, 0.2) is 24.3 Å². The number of rotatable bonds is 7. The Morgan fingerprint density at radius 1 is 1.00 bits per heavy atom. The normalized spacial score (nSPS) is 19.2. The highest BCUT2D eigenvalue weighted by atomic mass is 32.2. The standard InChI is InChI=1S/C19H27NO4S/c21-19(13-14-25(22,23)18-7-3-4-8-18)20-15-9-11-17(12-10-15)24-16-5-1-2-6-16/h9-12,16,18H,1-8,13-14H2,(H,20,21). The molecule has 0 radical (unpaired) electrons. The molecule has 2 aliphatic carbocycles. The molecular formula is C19H27NO4S. The minimum absolute atomic E-state index is 0.0131. The van der Waals surface area contributed by atoms with Gasteiger partial charge in [-0.3, -0.25) is 4.79 Å². The molecule has 0 aliphatic heterocycles. The lowest BCUT2D eigenvalue weighted by molar-refractivity contribution is -0.115. The third-order valence-corrected chi connectivity index (χ3v) is 7.43. The minimum atomic E-state index is -3.15. The SMILES string of the molecule is O=C(CCS(=O)(=O)C1CCCC1)Nc1ccc(OC2CCCC2)cc1. The van der Waals surface area contributed by atoms with Crippen molar-refractivity contribution < 1.29 is 17.9 Å². The van der Waals surface area contributed by atoms with Gasteiger partial charge in [-0.05, 0) is 62.8 Å². The maximum atomic E-state index is 12.2. The number of amides is 1. The molecule has 1 aromatic carbocycles. The van der Waals surface area contributed by atoms with E-state index in [9.17, 15) is 13.2 Å². The van der Waals surface area contributed by atoms with Gasteiger partial charge in [-0.25, -0.2) is 8.42 Å². The van der Waals surface area contributed by atoms with E-state index >= 15 is 0 Å². The summed E-state index contributed by atoms with van der Waals surface area (Å²) in [4.78, 5) is 12.0. The highest BCUT2D eigenvalue weighted by molar-refractivity contribution is 7.92. The van der Waals surface area contributed by atoms with Crippen LogP contribution in [0, 0.1) is 0 Å². The maximum Gasteiger partial charge on any atom is 0.225 e. The molecule has 0 spiro atoms. The highest BCUT2D eigenvalue weighted by Crippen LogP contribution is 2.26. The topological polar surface area (TPSA) is 72.5 Å². The van der Waals surface area contributed by atoms with Gasteiger partial charge in [0.1, 0.15) is 5.75 Å².